The molecule has 0 aliphatic heterocycles. The largest absolute Gasteiger partial charge is 0.351 e. The standard InChI is InChI=1S/C19H19ClN4O/c1-13(24(19(21)25)17-11-9-16(20)10-12-17)22-23-18(15-7-8-15)14-5-3-2-4-6-14/h2-6,9-12,15H,7-8H2,1H3,(H2,21,25)/b22-13+,23-18-. The number of amidine groups is 1. The van der Waals surface area contributed by atoms with E-state index in [-0.39, 0.29) is 0 Å². The van der Waals surface area contributed by atoms with Crippen LogP contribution < -0.4 is 10.6 Å². The number of carbonyl (C=O) groups excluding carboxylic acids is 1. The average Bonchev–Trinajstić information content (AvgIpc) is 3.43. The van der Waals surface area contributed by atoms with Gasteiger partial charge in [-0.15, -0.1) is 5.10 Å². The second kappa shape index (κ2) is 7.49. The lowest BCUT2D eigenvalue weighted by molar-refractivity contribution is 0.256. The topological polar surface area (TPSA) is 71.1 Å². The predicted octanol–water partition coefficient (Wildman–Crippen LogP) is 4.46. The summed E-state index contributed by atoms with van der Waals surface area (Å²) < 4.78 is 0. The summed E-state index contributed by atoms with van der Waals surface area (Å²) >= 11 is 5.90. The van der Waals surface area contributed by atoms with Crippen LogP contribution in [0.2, 0.25) is 5.02 Å². The van der Waals surface area contributed by atoms with Crippen LogP contribution in [0.1, 0.15) is 25.3 Å². The second-order valence-corrected chi connectivity index (χ2v) is 6.36. The van der Waals surface area contributed by atoms with Gasteiger partial charge in [0.05, 0.1) is 11.4 Å². The first-order valence-corrected chi connectivity index (χ1v) is 8.47. The number of hydrogen-bond acceptors (Lipinski definition) is 3. The molecule has 6 heteroatoms. The predicted molar refractivity (Wildman–Crippen MR) is 102 cm³/mol. The molecule has 5 nitrogen and oxygen atoms in total. The van der Waals surface area contributed by atoms with Crippen LogP contribution in [0.3, 0.4) is 0 Å². The van der Waals surface area contributed by atoms with Crippen molar-refractivity contribution in [3.8, 4) is 0 Å². The number of rotatable bonds is 4. The van der Waals surface area contributed by atoms with Gasteiger partial charge >= 0.3 is 6.03 Å². The summed E-state index contributed by atoms with van der Waals surface area (Å²) in [6, 6.07) is 16.2. The van der Waals surface area contributed by atoms with Gasteiger partial charge in [-0.1, -0.05) is 41.9 Å². The van der Waals surface area contributed by atoms with E-state index in [1.165, 1.54) is 4.90 Å². The lowest BCUT2D eigenvalue weighted by atomic mass is 10.1. The molecule has 2 aromatic carbocycles. The number of hydrogen-bond donors (Lipinski definition) is 1. The normalized spacial score (nSPS) is 15.1. The van der Waals surface area contributed by atoms with Crippen LogP contribution in [0.15, 0.2) is 64.8 Å². The first kappa shape index (κ1) is 17.2. The maximum atomic E-state index is 11.9. The van der Waals surface area contributed by atoms with Crippen molar-refractivity contribution in [2.75, 3.05) is 4.90 Å². The molecule has 1 aliphatic carbocycles. The van der Waals surface area contributed by atoms with Crippen molar-refractivity contribution in [1.82, 2.24) is 0 Å². The molecule has 3 rings (SSSR count). The van der Waals surface area contributed by atoms with Gasteiger partial charge in [-0.25, -0.2) is 9.69 Å². The van der Waals surface area contributed by atoms with E-state index in [0.29, 0.717) is 22.5 Å². The Balaban J connectivity index is 1.91. The van der Waals surface area contributed by atoms with Crippen LogP contribution in [0, 0.1) is 5.92 Å². The van der Waals surface area contributed by atoms with Crippen LogP contribution in [-0.2, 0) is 0 Å². The Bertz CT molecular complexity index is 811. The highest BCUT2D eigenvalue weighted by atomic mass is 35.5. The Labute approximate surface area is 151 Å². The molecule has 1 fully saturated rings. The van der Waals surface area contributed by atoms with Gasteiger partial charge in [-0.2, -0.15) is 5.10 Å². The summed E-state index contributed by atoms with van der Waals surface area (Å²) in [6.07, 6.45) is 2.22. The van der Waals surface area contributed by atoms with Crippen molar-refractivity contribution in [2.24, 2.45) is 21.9 Å². The van der Waals surface area contributed by atoms with Crippen LogP contribution in [0.25, 0.3) is 0 Å². The number of anilines is 1. The fraction of sp³-hybridized carbons (Fsp3) is 0.211. The summed E-state index contributed by atoms with van der Waals surface area (Å²) in [5.74, 6) is 0.834. The molecule has 2 aromatic rings. The number of halogens is 1. The molecule has 25 heavy (non-hydrogen) atoms. The van der Waals surface area contributed by atoms with Crippen molar-refractivity contribution in [3.63, 3.8) is 0 Å². The Hall–Kier alpha value is -2.66. The Morgan fingerprint density at radius 2 is 1.72 bits per heavy atom. The third-order valence-corrected chi connectivity index (χ3v) is 4.22. The monoisotopic (exact) mass is 354 g/mol. The van der Waals surface area contributed by atoms with E-state index in [0.717, 1.165) is 24.1 Å². The number of benzene rings is 2. The smallest absolute Gasteiger partial charge is 0.324 e. The number of nitrogens with two attached hydrogens (primary N) is 1. The summed E-state index contributed by atoms with van der Waals surface area (Å²) in [6.45, 7) is 1.71. The lowest BCUT2D eigenvalue weighted by Gasteiger charge is -2.19. The Morgan fingerprint density at radius 1 is 1.08 bits per heavy atom. The molecule has 0 atom stereocenters. The zero-order chi connectivity index (χ0) is 17.8. The van der Waals surface area contributed by atoms with E-state index in [1.54, 1.807) is 31.2 Å². The van der Waals surface area contributed by atoms with E-state index in [4.69, 9.17) is 17.3 Å². The number of urea groups is 1. The summed E-state index contributed by atoms with van der Waals surface area (Å²) in [7, 11) is 0. The number of amides is 2. The quantitative estimate of drug-likeness (QED) is 0.491. The minimum absolute atomic E-state index is 0.406. The lowest BCUT2D eigenvalue weighted by Crippen LogP contribution is -2.39. The van der Waals surface area contributed by atoms with Crippen molar-refractivity contribution in [3.05, 3.63) is 65.2 Å². The van der Waals surface area contributed by atoms with Gasteiger partial charge in [0.25, 0.3) is 0 Å². The average molecular weight is 355 g/mol. The zero-order valence-corrected chi connectivity index (χ0v) is 14.6. The van der Waals surface area contributed by atoms with Gasteiger partial charge < -0.3 is 5.73 Å². The maximum Gasteiger partial charge on any atom is 0.324 e. The van der Waals surface area contributed by atoms with Crippen LogP contribution in [0.5, 0.6) is 0 Å². The highest BCUT2D eigenvalue weighted by molar-refractivity contribution is 6.30. The second-order valence-electron chi connectivity index (χ2n) is 5.92. The first-order valence-electron chi connectivity index (χ1n) is 8.09. The first-order chi connectivity index (χ1) is 12.1. The van der Waals surface area contributed by atoms with E-state index >= 15 is 0 Å². The number of primary amides is 1. The molecule has 2 amide bonds. The molecule has 1 saturated carbocycles. The third kappa shape index (κ3) is 4.25. The van der Waals surface area contributed by atoms with Crippen molar-refractivity contribution in [1.29, 1.82) is 0 Å². The van der Waals surface area contributed by atoms with Crippen molar-refractivity contribution in [2.45, 2.75) is 19.8 Å². The van der Waals surface area contributed by atoms with E-state index < -0.39 is 6.03 Å². The third-order valence-electron chi connectivity index (χ3n) is 3.96. The maximum absolute atomic E-state index is 11.9. The Kier molecular flexibility index (Phi) is 5.14. The molecule has 2 N–H and O–H groups in total. The molecule has 0 spiro atoms. The van der Waals surface area contributed by atoms with Gasteiger partial charge in [-0.05, 0) is 49.6 Å². The van der Waals surface area contributed by atoms with Gasteiger partial charge in [0.1, 0.15) is 5.84 Å². The molecule has 0 heterocycles. The van der Waals surface area contributed by atoms with Crippen molar-refractivity contribution >= 4 is 34.9 Å². The highest BCUT2D eigenvalue weighted by Gasteiger charge is 2.28. The van der Waals surface area contributed by atoms with Gasteiger partial charge in [0.2, 0.25) is 0 Å². The highest BCUT2D eigenvalue weighted by Crippen LogP contribution is 2.33. The summed E-state index contributed by atoms with van der Waals surface area (Å²) in [5, 5.41) is 9.29. The Morgan fingerprint density at radius 3 is 2.28 bits per heavy atom. The van der Waals surface area contributed by atoms with Crippen LogP contribution in [-0.4, -0.2) is 17.6 Å². The van der Waals surface area contributed by atoms with Crippen LogP contribution in [0.4, 0.5) is 10.5 Å². The minimum Gasteiger partial charge on any atom is -0.351 e. The van der Waals surface area contributed by atoms with Crippen LogP contribution >= 0.6 is 11.6 Å². The molecule has 1 aliphatic rings. The van der Waals surface area contributed by atoms with Gasteiger partial charge in [0.15, 0.2) is 0 Å². The molecular weight excluding hydrogens is 336 g/mol. The van der Waals surface area contributed by atoms with Gasteiger partial charge in [-0.3, -0.25) is 0 Å². The minimum atomic E-state index is -0.619. The molecule has 0 bridgehead atoms. The summed E-state index contributed by atoms with van der Waals surface area (Å²) in [4.78, 5) is 13.2. The zero-order valence-electron chi connectivity index (χ0n) is 13.9. The molecule has 0 aromatic heterocycles. The fourth-order valence-electron chi connectivity index (χ4n) is 2.58. The molecular formula is C19H19ClN4O. The van der Waals surface area contributed by atoms with Gasteiger partial charge in [0, 0.05) is 10.9 Å². The fourth-order valence-corrected chi connectivity index (χ4v) is 2.70. The molecule has 0 saturated heterocycles. The van der Waals surface area contributed by atoms with Crippen molar-refractivity contribution < 1.29 is 4.79 Å². The molecule has 0 unspecified atom stereocenters. The molecule has 0 radical (unpaired) electrons. The SMILES string of the molecule is C/C(=N\N=C(\c1ccccc1)C1CC1)N(C(N)=O)c1ccc(Cl)cc1. The van der Waals surface area contributed by atoms with E-state index in [2.05, 4.69) is 10.2 Å². The number of nitrogens with zero attached hydrogens (tertiary/aromatic N) is 3. The summed E-state index contributed by atoms with van der Waals surface area (Å²) in [5.41, 5.74) is 8.12. The van der Waals surface area contributed by atoms with E-state index in [1.807, 2.05) is 30.3 Å². The van der Waals surface area contributed by atoms with E-state index in [9.17, 15) is 4.79 Å². The number of carbonyl (C=O) groups is 1. The molecule has 128 valence electrons.